The summed E-state index contributed by atoms with van der Waals surface area (Å²) in [5, 5.41) is 2.73. The van der Waals surface area contributed by atoms with Gasteiger partial charge in [-0.1, -0.05) is 17.4 Å². The number of carbonyl (C=O) groups excluding carboxylic acids is 1. The van der Waals surface area contributed by atoms with E-state index in [-0.39, 0.29) is 18.3 Å². The number of aromatic nitrogens is 1. The molecule has 0 saturated heterocycles. The minimum atomic E-state index is -0.0451. The van der Waals surface area contributed by atoms with Crippen LogP contribution in [0.3, 0.4) is 0 Å². The van der Waals surface area contributed by atoms with Gasteiger partial charge in [-0.25, -0.2) is 4.98 Å². The van der Waals surface area contributed by atoms with Crippen molar-refractivity contribution in [1.82, 2.24) is 9.88 Å². The van der Waals surface area contributed by atoms with E-state index in [1.165, 1.54) is 11.3 Å². The summed E-state index contributed by atoms with van der Waals surface area (Å²) < 4.78 is 6.61. The van der Waals surface area contributed by atoms with Crippen molar-refractivity contribution in [2.45, 2.75) is 13.3 Å². The van der Waals surface area contributed by atoms with E-state index in [2.05, 4.69) is 4.90 Å². The predicted octanol–water partition coefficient (Wildman–Crippen LogP) is 5.18. The maximum absolute atomic E-state index is 12.9. The van der Waals surface area contributed by atoms with E-state index in [1.54, 1.807) is 22.3 Å². The van der Waals surface area contributed by atoms with Crippen LogP contribution in [-0.4, -0.2) is 49.6 Å². The Labute approximate surface area is 186 Å². The molecule has 0 fully saturated rings. The van der Waals surface area contributed by atoms with Crippen LogP contribution >= 0.6 is 35.1 Å². The lowest BCUT2D eigenvalue weighted by atomic mass is 10.3. The molecule has 1 amide bonds. The second kappa shape index (κ2) is 11.3. The van der Waals surface area contributed by atoms with Crippen LogP contribution in [0, 0.1) is 0 Å². The predicted molar refractivity (Wildman–Crippen MR) is 127 cm³/mol. The number of hydrogen-bond donors (Lipinski definition) is 0. The van der Waals surface area contributed by atoms with Gasteiger partial charge in [-0.3, -0.25) is 9.69 Å². The van der Waals surface area contributed by atoms with Gasteiger partial charge in [0.15, 0.2) is 5.13 Å². The highest BCUT2D eigenvalue weighted by Crippen LogP contribution is 2.32. The highest BCUT2D eigenvalue weighted by atomic mass is 35.5. The third kappa shape index (κ3) is 6.54. The lowest BCUT2D eigenvalue weighted by Gasteiger charge is -2.19. The van der Waals surface area contributed by atoms with Crippen molar-refractivity contribution in [1.29, 1.82) is 0 Å². The van der Waals surface area contributed by atoms with Gasteiger partial charge in [-0.05, 0) is 69.7 Å². The monoisotopic (exact) mass is 451 g/mol. The Morgan fingerprint density at radius 3 is 2.76 bits per heavy atom. The van der Waals surface area contributed by atoms with Crippen LogP contribution in [0.4, 0.5) is 5.13 Å². The Kier molecular flexibility index (Phi) is 9.10. The summed E-state index contributed by atoms with van der Waals surface area (Å²) in [6.07, 6.45) is 4.39. The van der Waals surface area contributed by atoms with Crippen LogP contribution in [-0.2, 0) is 4.79 Å². The topological polar surface area (TPSA) is 45.7 Å². The third-order valence-electron chi connectivity index (χ3n) is 4.08. The van der Waals surface area contributed by atoms with Crippen LogP contribution in [0.5, 0.6) is 5.75 Å². The molecule has 8 heteroatoms. The number of benzene rings is 1. The van der Waals surface area contributed by atoms with E-state index < -0.39 is 0 Å². The maximum Gasteiger partial charge on any atom is 0.252 e. The first-order chi connectivity index (χ1) is 13.6. The molecule has 0 atom stereocenters. The van der Waals surface area contributed by atoms with Crippen molar-refractivity contribution in [2.24, 2.45) is 0 Å². The molecule has 0 N–H and O–H groups in total. The lowest BCUT2D eigenvalue weighted by molar-refractivity contribution is -0.114. The first kappa shape index (κ1) is 23.3. The zero-order chi connectivity index (χ0) is 19.9. The van der Waals surface area contributed by atoms with Crippen LogP contribution in [0.2, 0.25) is 0 Å². The number of fused-ring (bicyclic) bond motifs is 1. The summed E-state index contributed by atoms with van der Waals surface area (Å²) in [5.41, 5.74) is 0.885. The molecule has 0 aliphatic rings. The SMILES string of the molecule is CCOc1ccc2nc(N(CCCN(C)C)C(=O)C=Cc3cccs3)sc2c1.Cl. The van der Waals surface area contributed by atoms with Crippen molar-refractivity contribution in [3.63, 3.8) is 0 Å². The zero-order valence-electron chi connectivity index (χ0n) is 16.8. The van der Waals surface area contributed by atoms with Gasteiger partial charge in [0.25, 0.3) is 5.91 Å². The molecule has 5 nitrogen and oxygen atoms in total. The number of hydrogen-bond acceptors (Lipinski definition) is 6. The molecule has 0 radical (unpaired) electrons. The van der Waals surface area contributed by atoms with Crippen molar-refractivity contribution < 1.29 is 9.53 Å². The Morgan fingerprint density at radius 1 is 1.24 bits per heavy atom. The number of thiophene rings is 1. The average molecular weight is 452 g/mol. The van der Waals surface area contributed by atoms with Gasteiger partial charge in [-0.2, -0.15) is 0 Å². The molecule has 2 aromatic heterocycles. The van der Waals surface area contributed by atoms with Gasteiger partial charge in [0.1, 0.15) is 5.75 Å². The first-order valence-electron chi connectivity index (χ1n) is 9.28. The fraction of sp³-hybridized carbons (Fsp3) is 0.333. The smallest absolute Gasteiger partial charge is 0.252 e. The molecule has 0 bridgehead atoms. The fourth-order valence-electron chi connectivity index (χ4n) is 2.74. The van der Waals surface area contributed by atoms with Crippen molar-refractivity contribution in [3.8, 4) is 5.75 Å². The van der Waals surface area contributed by atoms with Gasteiger partial charge >= 0.3 is 0 Å². The number of thiazole rings is 1. The summed E-state index contributed by atoms with van der Waals surface area (Å²) in [7, 11) is 4.08. The minimum absolute atomic E-state index is 0. The largest absolute Gasteiger partial charge is 0.494 e. The van der Waals surface area contributed by atoms with E-state index in [0.29, 0.717) is 13.2 Å². The number of halogens is 1. The number of nitrogens with zero attached hydrogens (tertiary/aromatic N) is 3. The second-order valence-electron chi connectivity index (χ2n) is 6.55. The van der Waals surface area contributed by atoms with Crippen LogP contribution in [0.15, 0.2) is 41.8 Å². The molecule has 156 valence electrons. The quantitative estimate of drug-likeness (QED) is 0.420. The molecule has 0 aliphatic heterocycles. The summed E-state index contributed by atoms with van der Waals surface area (Å²) in [5.74, 6) is 0.782. The Balaban J connectivity index is 0.00000300. The molecule has 2 heterocycles. The van der Waals surface area contributed by atoms with Crippen LogP contribution < -0.4 is 9.64 Å². The minimum Gasteiger partial charge on any atom is -0.494 e. The summed E-state index contributed by atoms with van der Waals surface area (Å²) in [6, 6.07) is 9.84. The molecule has 0 aliphatic carbocycles. The van der Waals surface area contributed by atoms with Gasteiger partial charge in [0.2, 0.25) is 0 Å². The van der Waals surface area contributed by atoms with Crippen molar-refractivity contribution >= 4 is 62.4 Å². The molecule has 3 aromatic rings. The average Bonchev–Trinajstić information content (AvgIpc) is 3.32. The molecule has 3 rings (SSSR count). The molecular formula is C21H26ClN3O2S2. The van der Waals surface area contributed by atoms with Crippen molar-refractivity contribution in [3.05, 3.63) is 46.7 Å². The number of amides is 1. The van der Waals surface area contributed by atoms with Gasteiger partial charge < -0.3 is 9.64 Å². The second-order valence-corrected chi connectivity index (χ2v) is 8.54. The summed E-state index contributed by atoms with van der Waals surface area (Å²) >= 11 is 3.14. The van der Waals surface area contributed by atoms with Gasteiger partial charge in [0.05, 0.1) is 16.8 Å². The van der Waals surface area contributed by atoms with E-state index in [4.69, 9.17) is 9.72 Å². The van der Waals surface area contributed by atoms with E-state index in [9.17, 15) is 4.79 Å². The molecule has 29 heavy (non-hydrogen) atoms. The van der Waals surface area contributed by atoms with E-state index in [0.717, 1.165) is 38.9 Å². The third-order valence-corrected chi connectivity index (χ3v) is 5.96. The fourth-order valence-corrected chi connectivity index (χ4v) is 4.38. The van der Waals surface area contributed by atoms with Crippen LogP contribution in [0.1, 0.15) is 18.2 Å². The van der Waals surface area contributed by atoms with E-state index >= 15 is 0 Å². The van der Waals surface area contributed by atoms with Crippen LogP contribution in [0.25, 0.3) is 16.3 Å². The number of anilines is 1. The molecular weight excluding hydrogens is 426 g/mol. The molecule has 0 unspecified atom stereocenters. The zero-order valence-corrected chi connectivity index (χ0v) is 19.3. The van der Waals surface area contributed by atoms with E-state index in [1.807, 2.05) is 62.8 Å². The Morgan fingerprint density at radius 2 is 2.07 bits per heavy atom. The van der Waals surface area contributed by atoms with Gasteiger partial charge in [-0.15, -0.1) is 23.7 Å². The Bertz CT molecular complexity index is 939. The highest BCUT2D eigenvalue weighted by Gasteiger charge is 2.18. The first-order valence-corrected chi connectivity index (χ1v) is 11.0. The summed E-state index contributed by atoms with van der Waals surface area (Å²) in [6.45, 7) is 4.13. The Hall–Kier alpha value is -1.93. The number of ether oxygens (including phenoxy) is 1. The lowest BCUT2D eigenvalue weighted by Crippen LogP contribution is -2.32. The molecule has 1 aromatic carbocycles. The number of rotatable bonds is 9. The highest BCUT2D eigenvalue weighted by molar-refractivity contribution is 7.22. The normalized spacial score (nSPS) is 11.2. The molecule has 0 saturated carbocycles. The summed E-state index contributed by atoms with van der Waals surface area (Å²) in [4.78, 5) is 22.6. The maximum atomic E-state index is 12.9. The standard InChI is InChI=1S/C21H25N3O2S2.ClH/c1-4-26-16-8-10-18-19(15-16)28-21(22-18)24(13-6-12-23(2)3)20(25)11-9-17-7-5-14-27-17;/h5,7-11,14-15H,4,6,12-13H2,1-3H3;1H. The van der Waals surface area contributed by atoms with Crippen molar-refractivity contribution in [2.75, 3.05) is 38.7 Å². The number of carbonyl (C=O) groups is 1. The molecule has 0 spiro atoms. The van der Waals surface area contributed by atoms with Gasteiger partial charge in [0, 0.05) is 17.5 Å².